The summed E-state index contributed by atoms with van der Waals surface area (Å²) in [5, 5.41) is 41.0. The molecule has 0 saturated carbocycles. The van der Waals surface area contributed by atoms with Gasteiger partial charge in [0.1, 0.15) is 18.1 Å². The van der Waals surface area contributed by atoms with Crippen molar-refractivity contribution < 1.29 is 48.9 Å². The van der Waals surface area contributed by atoms with E-state index in [4.69, 9.17) is 21.1 Å². The van der Waals surface area contributed by atoms with Crippen molar-refractivity contribution in [1.82, 2.24) is 36.9 Å². The average molecular weight is 607 g/mol. The van der Waals surface area contributed by atoms with Crippen LogP contribution in [0.15, 0.2) is 30.5 Å². The van der Waals surface area contributed by atoms with Crippen molar-refractivity contribution in [2.75, 3.05) is 39.4 Å². The number of aliphatic carboxylic acids is 1. The molecule has 12 N–H and O–H groups in total. The molecule has 0 radical (unpaired) electrons. The molecule has 18 nitrogen and oxygen atoms in total. The predicted molar refractivity (Wildman–Crippen MR) is 148 cm³/mol. The van der Waals surface area contributed by atoms with E-state index in [9.17, 15) is 33.6 Å². The molecule has 234 valence electrons. The first-order chi connectivity index (χ1) is 20.4. The van der Waals surface area contributed by atoms with Crippen LogP contribution in [-0.4, -0.2) is 119 Å². The van der Waals surface area contributed by atoms with Gasteiger partial charge in [0.25, 0.3) is 0 Å². The maximum absolute atomic E-state index is 12.9. The third-order valence-electron chi connectivity index (χ3n) is 5.84. The number of carboxylic acids is 1. The van der Waals surface area contributed by atoms with Crippen LogP contribution in [0.5, 0.6) is 0 Å². The fourth-order valence-electron chi connectivity index (χ4n) is 3.54. The Morgan fingerprint density at radius 2 is 1.28 bits per heavy atom. The predicted octanol–water partition coefficient (Wildman–Crippen LogP) is -5.46. The number of fused-ring (bicyclic) bond motifs is 1. The zero-order valence-corrected chi connectivity index (χ0v) is 22.8. The highest BCUT2D eigenvalue weighted by Crippen LogP contribution is 2.19. The summed E-state index contributed by atoms with van der Waals surface area (Å²) < 4.78 is 0. The van der Waals surface area contributed by atoms with Gasteiger partial charge in [-0.2, -0.15) is 0 Å². The molecule has 0 saturated heterocycles. The van der Waals surface area contributed by atoms with Gasteiger partial charge in [-0.3, -0.25) is 28.8 Å². The zero-order valence-electron chi connectivity index (χ0n) is 22.8. The van der Waals surface area contributed by atoms with Crippen molar-refractivity contribution in [3.05, 3.63) is 36.0 Å². The van der Waals surface area contributed by atoms with E-state index >= 15 is 0 Å². The van der Waals surface area contributed by atoms with E-state index in [0.29, 0.717) is 5.56 Å². The number of aliphatic hydroxyl groups excluding tert-OH is 2. The Kier molecular flexibility index (Phi) is 13.5. The van der Waals surface area contributed by atoms with E-state index in [1.807, 2.05) is 23.5 Å². The Labute approximate surface area is 244 Å². The van der Waals surface area contributed by atoms with E-state index in [2.05, 4.69) is 31.6 Å². The molecule has 1 aromatic carbocycles. The number of para-hydroxylation sites is 1. The van der Waals surface area contributed by atoms with Gasteiger partial charge in [0, 0.05) is 23.5 Å². The average Bonchev–Trinajstić information content (AvgIpc) is 3.40. The molecule has 2 aromatic rings. The van der Waals surface area contributed by atoms with Crippen LogP contribution in [0.4, 0.5) is 0 Å². The van der Waals surface area contributed by atoms with Crippen LogP contribution in [0.3, 0.4) is 0 Å². The number of H-pyrrole nitrogens is 1. The van der Waals surface area contributed by atoms with Crippen LogP contribution in [0.1, 0.15) is 5.56 Å². The molecule has 43 heavy (non-hydrogen) atoms. The Morgan fingerprint density at radius 1 is 0.721 bits per heavy atom. The number of rotatable bonds is 17. The minimum absolute atomic E-state index is 0.0368. The van der Waals surface area contributed by atoms with Gasteiger partial charge in [0.2, 0.25) is 35.4 Å². The van der Waals surface area contributed by atoms with E-state index in [-0.39, 0.29) is 6.42 Å². The van der Waals surface area contributed by atoms with Crippen molar-refractivity contribution >= 4 is 52.3 Å². The van der Waals surface area contributed by atoms with E-state index in [0.717, 1.165) is 10.9 Å². The van der Waals surface area contributed by atoms with Gasteiger partial charge in [0.15, 0.2) is 0 Å². The number of hydrogen-bond donors (Lipinski definition) is 11. The number of aromatic amines is 1. The number of aromatic nitrogens is 1. The molecule has 0 unspecified atom stereocenters. The molecular weight excluding hydrogens is 572 g/mol. The van der Waals surface area contributed by atoms with Crippen LogP contribution in [-0.2, 0) is 40.0 Å². The second kappa shape index (κ2) is 17.0. The number of benzene rings is 1. The number of nitrogens with one attached hydrogen (secondary N) is 7. The smallest absolute Gasteiger partial charge is 0.328 e. The second-order valence-corrected chi connectivity index (χ2v) is 9.10. The zero-order chi connectivity index (χ0) is 31.9. The molecule has 2 rings (SSSR count). The number of amides is 6. The summed E-state index contributed by atoms with van der Waals surface area (Å²) in [4.78, 5) is 86.5. The first kappa shape index (κ1) is 34.1. The van der Waals surface area contributed by atoms with Crippen LogP contribution in [0, 0.1) is 0 Å². The minimum atomic E-state index is -1.54. The molecule has 3 atom stereocenters. The van der Waals surface area contributed by atoms with Crippen molar-refractivity contribution in [3.8, 4) is 0 Å². The summed E-state index contributed by atoms with van der Waals surface area (Å²) >= 11 is 0. The Bertz CT molecular complexity index is 1330. The summed E-state index contributed by atoms with van der Waals surface area (Å²) in [6.07, 6.45) is 1.71. The Morgan fingerprint density at radius 3 is 1.84 bits per heavy atom. The summed E-state index contributed by atoms with van der Waals surface area (Å²) in [6, 6.07) is 3.33. The molecular formula is C25H34N8O10. The van der Waals surface area contributed by atoms with Gasteiger partial charge >= 0.3 is 5.97 Å². The van der Waals surface area contributed by atoms with Crippen LogP contribution in [0.25, 0.3) is 10.9 Å². The van der Waals surface area contributed by atoms with Gasteiger partial charge in [-0.25, -0.2) is 4.79 Å². The summed E-state index contributed by atoms with van der Waals surface area (Å²) in [7, 11) is 0. The fourth-order valence-corrected chi connectivity index (χ4v) is 3.54. The normalized spacial score (nSPS) is 12.7. The van der Waals surface area contributed by atoms with Crippen LogP contribution in [0.2, 0.25) is 0 Å². The quantitative estimate of drug-likeness (QED) is 0.0807. The molecule has 6 amide bonds. The van der Waals surface area contributed by atoms with Gasteiger partial charge in [-0.05, 0) is 11.6 Å². The summed E-state index contributed by atoms with van der Waals surface area (Å²) in [5.74, 6) is -6.16. The lowest BCUT2D eigenvalue weighted by Crippen LogP contribution is -2.54. The largest absolute Gasteiger partial charge is 0.480 e. The first-order valence-electron chi connectivity index (χ1n) is 12.9. The summed E-state index contributed by atoms with van der Waals surface area (Å²) in [6.45, 7) is -3.78. The van der Waals surface area contributed by atoms with Crippen LogP contribution < -0.4 is 37.6 Å². The standard InChI is InChI=1S/C25H34N8O10/c26-15(11-34)23(40)33-17(5-13-6-27-16-4-2-1-3-14(13)16)24(41)31-9-21(38)29-7-19(36)28-8-20(37)30-10-22(39)32-18(12-35)25(42)43/h1-4,6,15,17-18,27,34-35H,5,7-12,26H2,(H,28,36)(H,29,38)(H,30,37)(H,31,41)(H,32,39)(H,33,40)(H,42,43)/t15-,17-,18-/m0/s1. The van der Waals surface area contributed by atoms with Crippen molar-refractivity contribution in [3.63, 3.8) is 0 Å². The van der Waals surface area contributed by atoms with Gasteiger partial charge in [0.05, 0.1) is 39.4 Å². The van der Waals surface area contributed by atoms with Crippen molar-refractivity contribution in [2.45, 2.75) is 24.5 Å². The lowest BCUT2D eigenvalue weighted by Gasteiger charge is -2.20. The lowest BCUT2D eigenvalue weighted by atomic mass is 10.0. The van der Waals surface area contributed by atoms with Crippen LogP contribution >= 0.6 is 0 Å². The van der Waals surface area contributed by atoms with E-state index < -0.39 is 98.9 Å². The van der Waals surface area contributed by atoms with E-state index in [1.54, 1.807) is 12.3 Å². The Balaban J connectivity index is 1.79. The number of carboxylic acid groups (broad SMARTS) is 1. The third-order valence-corrected chi connectivity index (χ3v) is 5.84. The molecule has 0 spiro atoms. The molecule has 0 aliphatic rings. The summed E-state index contributed by atoms with van der Waals surface area (Å²) in [5.41, 5.74) is 7.06. The molecule has 1 heterocycles. The molecule has 1 aromatic heterocycles. The topological polar surface area (TPSA) is 294 Å². The molecule has 0 aliphatic carbocycles. The second-order valence-electron chi connectivity index (χ2n) is 9.10. The number of hydrogen-bond acceptors (Lipinski definition) is 10. The van der Waals surface area contributed by atoms with Crippen molar-refractivity contribution in [2.24, 2.45) is 5.73 Å². The lowest BCUT2D eigenvalue weighted by molar-refractivity contribution is -0.142. The number of aliphatic hydroxyl groups is 2. The highest BCUT2D eigenvalue weighted by atomic mass is 16.4. The molecule has 0 bridgehead atoms. The number of carbonyl (C=O) groups excluding carboxylic acids is 6. The van der Waals surface area contributed by atoms with Crippen molar-refractivity contribution in [1.29, 1.82) is 0 Å². The highest BCUT2D eigenvalue weighted by molar-refractivity contribution is 5.94. The fraction of sp³-hybridized carbons (Fsp3) is 0.400. The number of nitrogens with two attached hydrogens (primary N) is 1. The molecule has 18 heteroatoms. The monoisotopic (exact) mass is 606 g/mol. The van der Waals surface area contributed by atoms with Gasteiger partial charge in [-0.1, -0.05) is 18.2 Å². The maximum Gasteiger partial charge on any atom is 0.328 e. The minimum Gasteiger partial charge on any atom is -0.480 e. The van der Waals surface area contributed by atoms with Gasteiger partial charge < -0.3 is 57.9 Å². The Hall–Kier alpha value is -5.07. The highest BCUT2D eigenvalue weighted by Gasteiger charge is 2.25. The SMILES string of the molecule is N[C@@H](CO)C(=O)N[C@@H](Cc1c[nH]c2ccccc12)C(=O)NCC(=O)NCC(=O)NCC(=O)NCC(=O)N[C@@H](CO)C(=O)O. The maximum atomic E-state index is 12.9. The van der Waals surface area contributed by atoms with Gasteiger partial charge in [-0.15, -0.1) is 0 Å². The number of carbonyl (C=O) groups is 7. The third kappa shape index (κ3) is 11.4. The molecule has 0 fully saturated rings. The van der Waals surface area contributed by atoms with E-state index in [1.165, 1.54) is 0 Å². The molecule has 0 aliphatic heterocycles. The first-order valence-corrected chi connectivity index (χ1v) is 12.9.